The van der Waals surface area contributed by atoms with Gasteiger partial charge in [0.1, 0.15) is 31.2 Å². The summed E-state index contributed by atoms with van der Waals surface area (Å²) in [7, 11) is 1.61. The van der Waals surface area contributed by atoms with E-state index < -0.39 is 0 Å². The van der Waals surface area contributed by atoms with Crippen molar-refractivity contribution in [2.24, 2.45) is 0 Å². The lowest BCUT2D eigenvalue weighted by Gasteiger charge is -2.29. The Kier molecular flexibility index (Phi) is 6.78. The highest BCUT2D eigenvalue weighted by Crippen LogP contribution is 2.32. The van der Waals surface area contributed by atoms with Crippen molar-refractivity contribution in [1.82, 2.24) is 0 Å². The molecular formula is C20H26O5. The van der Waals surface area contributed by atoms with Gasteiger partial charge in [0.2, 0.25) is 0 Å². The van der Waals surface area contributed by atoms with Gasteiger partial charge in [-0.05, 0) is 12.0 Å². The molecule has 0 saturated carbocycles. The Balaban J connectivity index is 1.58. The molecule has 1 saturated heterocycles. The van der Waals surface area contributed by atoms with Crippen LogP contribution in [0.2, 0.25) is 0 Å². The molecule has 5 atom stereocenters. The van der Waals surface area contributed by atoms with Gasteiger partial charge in [-0.3, -0.25) is 0 Å². The molecule has 1 aromatic carbocycles. The third-order valence-electron chi connectivity index (χ3n) is 4.36. The van der Waals surface area contributed by atoms with E-state index in [0.29, 0.717) is 13.2 Å². The van der Waals surface area contributed by atoms with Gasteiger partial charge in [0.15, 0.2) is 0 Å². The summed E-state index contributed by atoms with van der Waals surface area (Å²) in [6.07, 6.45) is 6.04. The maximum atomic E-state index is 6.14. The minimum absolute atomic E-state index is 0.0139. The Bertz CT molecular complexity index is 558. The van der Waals surface area contributed by atoms with E-state index in [0.717, 1.165) is 12.0 Å². The van der Waals surface area contributed by atoms with Crippen LogP contribution in [-0.2, 0) is 30.3 Å². The van der Waals surface area contributed by atoms with Crippen LogP contribution in [-0.4, -0.2) is 51.0 Å². The van der Waals surface area contributed by atoms with Crippen molar-refractivity contribution in [3.8, 4) is 0 Å². The minimum atomic E-state index is -0.224. The van der Waals surface area contributed by atoms with E-state index in [4.69, 9.17) is 23.7 Å². The normalized spacial score (nSPS) is 31.0. The number of hydrogen-bond donors (Lipinski definition) is 0. The molecule has 1 fully saturated rings. The van der Waals surface area contributed by atoms with Crippen LogP contribution < -0.4 is 0 Å². The van der Waals surface area contributed by atoms with Gasteiger partial charge in [-0.15, -0.1) is 6.58 Å². The standard InChI is InChI=1S/C20H26O5/c1-3-7-16-10-11-17-20(24-16)19(23-14-21-2)18(25-17)13-22-12-15-8-5-4-6-9-15/h3-6,8-11,16-20H,1,7,12-14H2,2H3/t16-,17-,18+,19-,20+/m0/s1. The Morgan fingerprint density at radius 1 is 1.16 bits per heavy atom. The lowest BCUT2D eigenvalue weighted by Crippen LogP contribution is -2.42. The molecule has 2 aliphatic rings. The third-order valence-corrected chi connectivity index (χ3v) is 4.36. The summed E-state index contributed by atoms with van der Waals surface area (Å²) in [5.41, 5.74) is 1.13. The molecule has 0 N–H and O–H groups in total. The van der Waals surface area contributed by atoms with Crippen LogP contribution in [0.3, 0.4) is 0 Å². The number of rotatable bonds is 9. The summed E-state index contributed by atoms with van der Waals surface area (Å²) in [4.78, 5) is 0. The molecule has 0 aromatic heterocycles. The fraction of sp³-hybridized carbons (Fsp3) is 0.500. The van der Waals surface area contributed by atoms with Crippen molar-refractivity contribution in [1.29, 1.82) is 0 Å². The first kappa shape index (κ1) is 18.3. The van der Waals surface area contributed by atoms with Crippen molar-refractivity contribution in [3.63, 3.8) is 0 Å². The van der Waals surface area contributed by atoms with E-state index in [2.05, 4.69) is 12.7 Å². The Morgan fingerprint density at radius 2 is 2.00 bits per heavy atom. The molecule has 0 aliphatic carbocycles. The molecule has 0 spiro atoms. The fourth-order valence-corrected chi connectivity index (χ4v) is 3.19. The average molecular weight is 346 g/mol. The van der Waals surface area contributed by atoms with Crippen LogP contribution in [0.15, 0.2) is 55.1 Å². The molecule has 2 heterocycles. The Hall–Kier alpha value is -1.50. The number of benzene rings is 1. The van der Waals surface area contributed by atoms with Crippen molar-refractivity contribution in [2.45, 2.75) is 43.5 Å². The van der Waals surface area contributed by atoms with Crippen LogP contribution >= 0.6 is 0 Å². The second-order valence-electron chi connectivity index (χ2n) is 6.23. The van der Waals surface area contributed by atoms with Crippen molar-refractivity contribution in [3.05, 3.63) is 60.7 Å². The zero-order valence-corrected chi connectivity index (χ0v) is 14.6. The SMILES string of the molecule is C=CC[C@H]1C=C[C@@H]2O[C@H](COCc3ccccc3)[C@H](OCOC)[C@@H]2O1. The van der Waals surface area contributed by atoms with Gasteiger partial charge in [-0.1, -0.05) is 48.6 Å². The summed E-state index contributed by atoms with van der Waals surface area (Å²) in [5.74, 6) is 0. The fourth-order valence-electron chi connectivity index (χ4n) is 3.19. The van der Waals surface area contributed by atoms with E-state index in [1.165, 1.54) is 0 Å². The van der Waals surface area contributed by atoms with Crippen LogP contribution in [0.4, 0.5) is 0 Å². The predicted molar refractivity (Wildman–Crippen MR) is 94.1 cm³/mol. The van der Waals surface area contributed by atoms with Gasteiger partial charge in [-0.2, -0.15) is 0 Å². The van der Waals surface area contributed by atoms with Crippen LogP contribution in [0.1, 0.15) is 12.0 Å². The van der Waals surface area contributed by atoms with Gasteiger partial charge < -0.3 is 23.7 Å². The number of methoxy groups -OCH3 is 1. The first-order valence-corrected chi connectivity index (χ1v) is 8.64. The van der Waals surface area contributed by atoms with Crippen LogP contribution in [0.5, 0.6) is 0 Å². The Labute approximate surface area is 149 Å². The first-order valence-electron chi connectivity index (χ1n) is 8.64. The summed E-state index contributed by atoms with van der Waals surface area (Å²) >= 11 is 0. The van der Waals surface area contributed by atoms with Gasteiger partial charge in [-0.25, -0.2) is 0 Å². The highest BCUT2D eigenvalue weighted by atomic mass is 16.7. The Morgan fingerprint density at radius 3 is 2.76 bits per heavy atom. The topological polar surface area (TPSA) is 46.2 Å². The molecule has 5 nitrogen and oxygen atoms in total. The van der Waals surface area contributed by atoms with Crippen molar-refractivity contribution in [2.75, 3.05) is 20.5 Å². The molecule has 1 aromatic rings. The molecule has 0 unspecified atom stereocenters. The van der Waals surface area contributed by atoms with E-state index >= 15 is 0 Å². The van der Waals surface area contributed by atoms with Crippen molar-refractivity contribution < 1.29 is 23.7 Å². The largest absolute Gasteiger partial charge is 0.374 e. The van der Waals surface area contributed by atoms with Crippen LogP contribution in [0.25, 0.3) is 0 Å². The molecule has 0 amide bonds. The molecule has 136 valence electrons. The maximum absolute atomic E-state index is 6.14. The quantitative estimate of drug-likeness (QED) is 0.508. The minimum Gasteiger partial charge on any atom is -0.374 e. The first-order chi connectivity index (χ1) is 12.3. The molecule has 3 rings (SSSR count). The summed E-state index contributed by atoms with van der Waals surface area (Å²) in [5, 5.41) is 0. The summed E-state index contributed by atoms with van der Waals surface area (Å²) in [6.45, 7) is 4.97. The summed E-state index contributed by atoms with van der Waals surface area (Å²) < 4.78 is 29.0. The molecule has 0 bridgehead atoms. The van der Waals surface area contributed by atoms with Crippen molar-refractivity contribution >= 4 is 0 Å². The van der Waals surface area contributed by atoms with Gasteiger partial charge in [0.25, 0.3) is 0 Å². The molecular weight excluding hydrogens is 320 g/mol. The van der Waals surface area contributed by atoms with Gasteiger partial charge in [0, 0.05) is 7.11 Å². The second-order valence-corrected chi connectivity index (χ2v) is 6.23. The van der Waals surface area contributed by atoms with Gasteiger partial charge in [0.05, 0.1) is 19.3 Å². The monoisotopic (exact) mass is 346 g/mol. The number of hydrogen-bond acceptors (Lipinski definition) is 5. The lowest BCUT2D eigenvalue weighted by atomic mass is 10.0. The van der Waals surface area contributed by atoms with E-state index in [-0.39, 0.29) is 37.3 Å². The summed E-state index contributed by atoms with van der Waals surface area (Å²) in [6, 6.07) is 10.1. The number of fused-ring (bicyclic) bond motifs is 1. The van der Waals surface area contributed by atoms with Crippen LogP contribution in [0, 0.1) is 0 Å². The maximum Gasteiger partial charge on any atom is 0.146 e. The molecule has 2 aliphatic heterocycles. The highest BCUT2D eigenvalue weighted by molar-refractivity contribution is 5.14. The van der Waals surface area contributed by atoms with E-state index in [1.807, 2.05) is 42.5 Å². The lowest BCUT2D eigenvalue weighted by molar-refractivity contribution is -0.140. The number of ether oxygens (including phenoxy) is 5. The zero-order valence-electron chi connectivity index (χ0n) is 14.6. The highest BCUT2D eigenvalue weighted by Gasteiger charge is 2.47. The van der Waals surface area contributed by atoms with Gasteiger partial charge >= 0.3 is 0 Å². The zero-order chi connectivity index (χ0) is 17.5. The molecule has 25 heavy (non-hydrogen) atoms. The smallest absolute Gasteiger partial charge is 0.146 e. The predicted octanol–water partition coefficient (Wildman–Crippen LogP) is 2.86. The molecule has 0 radical (unpaired) electrons. The van der Waals surface area contributed by atoms with E-state index in [1.54, 1.807) is 7.11 Å². The third kappa shape index (κ3) is 4.77. The average Bonchev–Trinajstić information content (AvgIpc) is 2.98. The second kappa shape index (κ2) is 9.27. The molecule has 5 heteroatoms. The van der Waals surface area contributed by atoms with E-state index in [9.17, 15) is 0 Å².